The van der Waals surface area contributed by atoms with Gasteiger partial charge in [-0.1, -0.05) is 12.1 Å². The molecule has 1 atom stereocenters. The van der Waals surface area contributed by atoms with Crippen LogP contribution >= 0.6 is 0 Å². The zero-order valence-corrected chi connectivity index (χ0v) is 23.8. The van der Waals surface area contributed by atoms with Crippen molar-refractivity contribution in [1.29, 1.82) is 0 Å². The van der Waals surface area contributed by atoms with E-state index in [-0.39, 0.29) is 30.3 Å². The first-order chi connectivity index (χ1) is 21.1. The minimum absolute atomic E-state index is 0.119. The third-order valence-electron chi connectivity index (χ3n) is 7.99. The molecule has 3 aromatic rings. The fraction of sp³-hybridized carbons (Fsp3) is 0.452. The highest BCUT2D eigenvalue weighted by Gasteiger charge is 2.35. The van der Waals surface area contributed by atoms with Crippen LogP contribution in [0.5, 0.6) is 6.01 Å². The standard InChI is InChI=1S/C31H33F2N7O3/c1-34-17-22-19-39(12-13-40(22)28(41)6-3-10-32)30-24-9-11-38(27-18-35-16-21-4-2-5-25(33)29(21)27)20-26(24)36-31(37-30)43-15-14-42-23-7-8-23/h2-6,16,18,22-23H,7-15,17,19-20H2/b6-3+/t22-/m0/s1. The van der Waals surface area contributed by atoms with E-state index in [0.29, 0.717) is 75.4 Å². The SMILES string of the molecule is [C-]#[N+]C[C@H]1CN(c2nc(OCCOC3CC3)nc3c2CCN(c2cncc4cccc(F)c24)C3)CCN1C(=O)/C=C/CF. The van der Waals surface area contributed by atoms with E-state index in [0.717, 1.165) is 29.5 Å². The highest BCUT2D eigenvalue weighted by Crippen LogP contribution is 2.35. The maximum Gasteiger partial charge on any atom is 0.318 e. The minimum atomic E-state index is -0.723. The van der Waals surface area contributed by atoms with Gasteiger partial charge in [-0.15, -0.1) is 0 Å². The first kappa shape index (κ1) is 28.7. The van der Waals surface area contributed by atoms with Crippen LogP contribution in [-0.4, -0.2) is 90.5 Å². The van der Waals surface area contributed by atoms with E-state index in [1.807, 2.05) is 6.07 Å². The van der Waals surface area contributed by atoms with E-state index in [1.54, 1.807) is 23.4 Å². The molecule has 2 fully saturated rings. The van der Waals surface area contributed by atoms with E-state index in [2.05, 4.69) is 19.6 Å². The Morgan fingerprint density at radius 1 is 1.14 bits per heavy atom. The van der Waals surface area contributed by atoms with Gasteiger partial charge < -0.3 is 29.0 Å². The van der Waals surface area contributed by atoms with E-state index in [1.165, 1.54) is 18.2 Å². The molecule has 6 rings (SSSR count). The molecule has 1 amide bonds. The number of aromatic nitrogens is 3. The number of benzene rings is 1. The van der Waals surface area contributed by atoms with E-state index in [9.17, 15) is 13.6 Å². The summed E-state index contributed by atoms with van der Waals surface area (Å²) in [7, 11) is 0. The number of amides is 1. The van der Waals surface area contributed by atoms with Crippen LogP contribution in [0.4, 0.5) is 20.3 Å². The third kappa shape index (κ3) is 6.37. The van der Waals surface area contributed by atoms with Gasteiger partial charge >= 0.3 is 6.01 Å². The summed E-state index contributed by atoms with van der Waals surface area (Å²) in [6, 6.07) is 4.83. The number of hydrogen-bond donors (Lipinski definition) is 0. The number of anilines is 2. The molecule has 3 aliphatic rings. The van der Waals surface area contributed by atoms with Gasteiger partial charge in [0.2, 0.25) is 12.5 Å². The monoisotopic (exact) mass is 589 g/mol. The summed E-state index contributed by atoms with van der Waals surface area (Å²) in [5.74, 6) is 0.108. The number of piperazine rings is 1. The number of hydrogen-bond acceptors (Lipinski definition) is 8. The predicted molar refractivity (Wildman–Crippen MR) is 157 cm³/mol. The fourth-order valence-electron chi connectivity index (χ4n) is 5.75. The second-order valence-corrected chi connectivity index (χ2v) is 10.9. The summed E-state index contributed by atoms with van der Waals surface area (Å²) in [5, 5.41) is 1.25. The Balaban J connectivity index is 1.29. The summed E-state index contributed by atoms with van der Waals surface area (Å²) in [4.78, 5) is 36.0. The molecule has 0 unspecified atom stereocenters. The molecule has 10 nitrogen and oxygen atoms in total. The van der Waals surface area contributed by atoms with Crippen LogP contribution in [0.15, 0.2) is 42.7 Å². The van der Waals surface area contributed by atoms with Crippen molar-refractivity contribution < 1.29 is 23.0 Å². The number of ether oxygens (including phenoxy) is 2. The number of carbonyl (C=O) groups is 1. The van der Waals surface area contributed by atoms with Crippen LogP contribution in [0.2, 0.25) is 0 Å². The summed E-state index contributed by atoms with van der Waals surface area (Å²) in [5.41, 5.74) is 2.44. The van der Waals surface area contributed by atoms with Crippen LogP contribution in [0.1, 0.15) is 24.1 Å². The fourth-order valence-corrected chi connectivity index (χ4v) is 5.75. The number of fused-ring (bicyclic) bond motifs is 2. The molecule has 0 bridgehead atoms. The van der Waals surface area contributed by atoms with Crippen molar-refractivity contribution in [1.82, 2.24) is 19.9 Å². The maximum atomic E-state index is 15.0. The van der Waals surface area contributed by atoms with E-state index in [4.69, 9.17) is 26.0 Å². The Labute approximate surface area is 248 Å². The number of alkyl halides is 1. The van der Waals surface area contributed by atoms with Crippen LogP contribution in [0.25, 0.3) is 15.6 Å². The van der Waals surface area contributed by atoms with Crippen LogP contribution < -0.4 is 14.5 Å². The molecule has 2 aromatic heterocycles. The first-order valence-corrected chi connectivity index (χ1v) is 14.6. The van der Waals surface area contributed by atoms with Crippen LogP contribution in [0, 0.1) is 12.4 Å². The van der Waals surface area contributed by atoms with Gasteiger partial charge in [0.05, 0.1) is 36.8 Å². The highest BCUT2D eigenvalue weighted by molar-refractivity contribution is 5.94. The average molecular weight is 590 g/mol. The summed E-state index contributed by atoms with van der Waals surface area (Å²) in [6.45, 7) is 9.87. The number of halogens is 2. The molecule has 224 valence electrons. The number of rotatable bonds is 10. The Hall–Kier alpha value is -4.37. The number of allylic oxidation sites excluding steroid dienone is 1. The lowest BCUT2D eigenvalue weighted by Gasteiger charge is -2.41. The van der Waals surface area contributed by atoms with Crippen LogP contribution in [0.3, 0.4) is 0 Å². The Morgan fingerprint density at radius 3 is 2.84 bits per heavy atom. The third-order valence-corrected chi connectivity index (χ3v) is 7.99. The first-order valence-electron chi connectivity index (χ1n) is 14.6. The van der Waals surface area contributed by atoms with Gasteiger partial charge in [-0.05, 0) is 31.4 Å². The Kier molecular flexibility index (Phi) is 8.60. The highest BCUT2D eigenvalue weighted by atomic mass is 19.1. The van der Waals surface area contributed by atoms with Crippen molar-refractivity contribution in [3.63, 3.8) is 0 Å². The quantitative estimate of drug-likeness (QED) is 0.201. The molecular weight excluding hydrogens is 556 g/mol. The number of nitrogens with zero attached hydrogens (tertiary/aromatic N) is 7. The van der Waals surface area contributed by atoms with Crippen molar-refractivity contribution in [3.05, 3.63) is 71.2 Å². The normalized spacial score (nSPS) is 18.6. The largest absolute Gasteiger partial charge is 0.461 e. The second kappa shape index (κ2) is 12.9. The topological polar surface area (TPSA) is 88.3 Å². The van der Waals surface area contributed by atoms with Gasteiger partial charge in [-0.25, -0.2) is 15.4 Å². The molecule has 1 saturated carbocycles. The molecule has 1 aromatic carbocycles. The van der Waals surface area contributed by atoms with Gasteiger partial charge in [0.1, 0.15) is 31.0 Å². The zero-order valence-electron chi connectivity index (χ0n) is 23.8. The van der Waals surface area contributed by atoms with Gasteiger partial charge in [0.25, 0.3) is 0 Å². The van der Waals surface area contributed by atoms with E-state index < -0.39 is 6.67 Å². The second-order valence-electron chi connectivity index (χ2n) is 10.9. The van der Waals surface area contributed by atoms with Crippen molar-refractivity contribution in [3.8, 4) is 6.01 Å². The van der Waals surface area contributed by atoms with Crippen LogP contribution in [-0.2, 0) is 22.5 Å². The minimum Gasteiger partial charge on any atom is -0.461 e. The molecule has 1 saturated heterocycles. The summed E-state index contributed by atoms with van der Waals surface area (Å²) >= 11 is 0. The van der Waals surface area contributed by atoms with Gasteiger partial charge in [0.15, 0.2) is 0 Å². The molecule has 2 aliphatic heterocycles. The van der Waals surface area contributed by atoms with E-state index >= 15 is 0 Å². The molecule has 0 spiro atoms. The van der Waals surface area contributed by atoms with Gasteiger partial charge in [0, 0.05) is 54.8 Å². The van der Waals surface area contributed by atoms with Crippen molar-refractivity contribution in [2.45, 2.75) is 38.0 Å². The predicted octanol–water partition coefficient (Wildman–Crippen LogP) is 3.75. The molecule has 4 heterocycles. The van der Waals surface area contributed by atoms with Gasteiger partial charge in [-0.3, -0.25) is 9.78 Å². The average Bonchev–Trinajstić information content (AvgIpc) is 3.86. The van der Waals surface area contributed by atoms with Crippen molar-refractivity contribution >= 4 is 28.2 Å². The molecule has 0 radical (unpaired) electrons. The van der Waals surface area contributed by atoms with Gasteiger partial charge in [-0.2, -0.15) is 9.97 Å². The molecule has 1 aliphatic carbocycles. The number of carbonyl (C=O) groups excluding carboxylic acids is 1. The molecule has 43 heavy (non-hydrogen) atoms. The smallest absolute Gasteiger partial charge is 0.318 e. The Bertz CT molecular complexity index is 1550. The van der Waals surface area contributed by atoms with Crippen molar-refractivity contribution in [2.24, 2.45) is 0 Å². The summed E-state index contributed by atoms with van der Waals surface area (Å²) in [6.07, 6.45) is 8.82. The molecule has 0 N–H and O–H groups in total. The molecule has 12 heteroatoms. The lowest BCUT2D eigenvalue weighted by atomic mass is 10.0. The maximum absolute atomic E-state index is 15.0. The molecular formula is C31H33F2N7O3. The number of pyridine rings is 1. The lowest BCUT2D eigenvalue weighted by Crippen LogP contribution is -2.56. The summed E-state index contributed by atoms with van der Waals surface area (Å²) < 4.78 is 39.3. The zero-order chi connectivity index (χ0) is 29.8. The lowest BCUT2D eigenvalue weighted by molar-refractivity contribution is -0.128. The van der Waals surface area contributed by atoms with Crippen molar-refractivity contribution in [2.75, 3.05) is 62.4 Å². The Morgan fingerprint density at radius 2 is 2.02 bits per heavy atom.